The van der Waals surface area contributed by atoms with Crippen LogP contribution in [0.1, 0.15) is 30.4 Å². The summed E-state index contributed by atoms with van der Waals surface area (Å²) in [5.41, 5.74) is 3.06. The first kappa shape index (κ1) is 9.79. The van der Waals surface area contributed by atoms with Gasteiger partial charge in [0, 0.05) is 0 Å². The van der Waals surface area contributed by atoms with E-state index in [2.05, 4.69) is 12.1 Å². The fourth-order valence-electron chi connectivity index (χ4n) is 1.93. The topological polar surface area (TPSA) is 33.0 Å². The van der Waals surface area contributed by atoms with Crippen molar-refractivity contribution >= 4 is 5.57 Å². The highest BCUT2D eigenvalue weighted by molar-refractivity contribution is 5.72. The Morgan fingerprint density at radius 3 is 2.87 bits per heavy atom. The van der Waals surface area contributed by atoms with Gasteiger partial charge >= 0.3 is 0 Å². The number of rotatable bonds is 2. The Morgan fingerprint density at radius 2 is 2.27 bits per heavy atom. The van der Waals surface area contributed by atoms with E-state index in [1.807, 2.05) is 18.2 Å². The van der Waals surface area contributed by atoms with Crippen molar-refractivity contribution in [2.24, 2.45) is 0 Å². The van der Waals surface area contributed by atoms with E-state index in [4.69, 9.17) is 10.00 Å². The maximum Gasteiger partial charge on any atom is 0.119 e. The molecule has 0 radical (unpaired) electrons. The van der Waals surface area contributed by atoms with Gasteiger partial charge < -0.3 is 4.74 Å². The number of ether oxygens (including phenoxy) is 1. The number of allylic oxidation sites excluding steroid dienone is 2. The highest BCUT2D eigenvalue weighted by Crippen LogP contribution is 2.31. The molecule has 0 bridgehead atoms. The Balaban J connectivity index is 2.47. The first-order chi connectivity index (χ1) is 7.35. The molecular weight excluding hydrogens is 186 g/mol. The summed E-state index contributed by atoms with van der Waals surface area (Å²) in [7, 11) is 1.65. The van der Waals surface area contributed by atoms with Crippen molar-refractivity contribution in [3.8, 4) is 11.8 Å². The van der Waals surface area contributed by atoms with Crippen LogP contribution < -0.4 is 4.74 Å². The maximum atomic E-state index is 9.02. The van der Waals surface area contributed by atoms with Gasteiger partial charge in [0.05, 0.1) is 18.7 Å². The number of nitriles is 1. The van der Waals surface area contributed by atoms with Gasteiger partial charge in [0.2, 0.25) is 0 Å². The third-order valence-corrected chi connectivity index (χ3v) is 2.73. The molecule has 0 amide bonds. The smallest absolute Gasteiger partial charge is 0.119 e. The molecule has 0 saturated heterocycles. The number of benzene rings is 1. The summed E-state index contributed by atoms with van der Waals surface area (Å²) in [4.78, 5) is 0. The Kier molecular flexibility index (Phi) is 2.73. The van der Waals surface area contributed by atoms with E-state index in [1.54, 1.807) is 7.11 Å². The van der Waals surface area contributed by atoms with Crippen LogP contribution in [0.2, 0.25) is 0 Å². The van der Waals surface area contributed by atoms with Gasteiger partial charge in [-0.3, -0.25) is 0 Å². The summed E-state index contributed by atoms with van der Waals surface area (Å²) in [6.45, 7) is 0. The second-order valence-electron chi connectivity index (χ2n) is 3.64. The van der Waals surface area contributed by atoms with Crippen molar-refractivity contribution in [2.45, 2.75) is 19.3 Å². The van der Waals surface area contributed by atoms with E-state index in [0.717, 1.165) is 29.7 Å². The molecule has 0 N–H and O–H groups in total. The number of hydrogen-bond donors (Lipinski definition) is 0. The molecule has 0 aliphatic heterocycles. The summed E-state index contributed by atoms with van der Waals surface area (Å²) < 4.78 is 5.18. The molecule has 15 heavy (non-hydrogen) atoms. The second-order valence-corrected chi connectivity index (χ2v) is 3.64. The Bertz CT molecular complexity index is 440. The molecule has 1 aliphatic rings. The standard InChI is InChI=1S/C13H13NO/c1-15-12-7-6-11(9-14)13(8-12)10-4-2-3-5-10/h4,6-8H,2-3,5H2,1H3. The molecule has 0 saturated carbocycles. The van der Waals surface area contributed by atoms with Gasteiger partial charge in [-0.1, -0.05) is 6.08 Å². The highest BCUT2D eigenvalue weighted by Gasteiger charge is 2.12. The van der Waals surface area contributed by atoms with Crippen molar-refractivity contribution in [1.29, 1.82) is 5.26 Å². The van der Waals surface area contributed by atoms with E-state index in [9.17, 15) is 0 Å². The maximum absolute atomic E-state index is 9.02. The zero-order valence-corrected chi connectivity index (χ0v) is 8.79. The number of methoxy groups -OCH3 is 1. The van der Waals surface area contributed by atoms with Crippen LogP contribution in [0.4, 0.5) is 0 Å². The quantitative estimate of drug-likeness (QED) is 0.733. The Hall–Kier alpha value is -1.75. The van der Waals surface area contributed by atoms with Gasteiger partial charge in [-0.05, 0) is 48.6 Å². The van der Waals surface area contributed by atoms with Gasteiger partial charge in [0.25, 0.3) is 0 Å². The van der Waals surface area contributed by atoms with Gasteiger partial charge in [-0.25, -0.2) is 0 Å². The third-order valence-electron chi connectivity index (χ3n) is 2.73. The van der Waals surface area contributed by atoms with Crippen LogP contribution in [0.25, 0.3) is 5.57 Å². The largest absolute Gasteiger partial charge is 0.497 e. The molecule has 0 atom stereocenters. The Labute approximate surface area is 89.8 Å². The van der Waals surface area contributed by atoms with Crippen molar-refractivity contribution < 1.29 is 4.74 Å². The third kappa shape index (κ3) is 1.87. The fourth-order valence-corrected chi connectivity index (χ4v) is 1.93. The average molecular weight is 199 g/mol. The van der Waals surface area contributed by atoms with Crippen LogP contribution in [0.3, 0.4) is 0 Å². The lowest BCUT2D eigenvalue weighted by Crippen LogP contribution is -1.90. The lowest BCUT2D eigenvalue weighted by molar-refractivity contribution is 0.414. The molecule has 0 aromatic heterocycles. The van der Waals surface area contributed by atoms with E-state index in [-0.39, 0.29) is 0 Å². The van der Waals surface area contributed by atoms with Gasteiger partial charge in [-0.2, -0.15) is 5.26 Å². The van der Waals surface area contributed by atoms with E-state index in [1.165, 1.54) is 12.0 Å². The molecule has 76 valence electrons. The predicted octanol–water partition coefficient (Wildman–Crippen LogP) is 3.13. The molecule has 1 aromatic rings. The lowest BCUT2D eigenvalue weighted by atomic mass is 9.99. The number of nitrogens with zero attached hydrogens (tertiary/aromatic N) is 1. The minimum atomic E-state index is 0.740. The van der Waals surface area contributed by atoms with Gasteiger partial charge in [0.15, 0.2) is 0 Å². The zero-order valence-electron chi connectivity index (χ0n) is 8.79. The van der Waals surface area contributed by atoms with Crippen LogP contribution in [0.5, 0.6) is 5.75 Å². The average Bonchev–Trinajstić information content (AvgIpc) is 2.81. The van der Waals surface area contributed by atoms with Crippen LogP contribution in [-0.4, -0.2) is 7.11 Å². The summed E-state index contributed by atoms with van der Waals surface area (Å²) in [5.74, 6) is 0.816. The summed E-state index contributed by atoms with van der Waals surface area (Å²) in [6, 6.07) is 7.84. The van der Waals surface area contributed by atoms with Crippen LogP contribution in [0, 0.1) is 11.3 Å². The molecule has 1 aliphatic carbocycles. The van der Waals surface area contributed by atoms with Crippen molar-refractivity contribution in [1.82, 2.24) is 0 Å². The monoisotopic (exact) mass is 199 g/mol. The fraction of sp³-hybridized carbons (Fsp3) is 0.308. The minimum absolute atomic E-state index is 0.740. The molecule has 2 rings (SSSR count). The molecule has 2 heteroatoms. The normalized spacial score (nSPS) is 14.5. The highest BCUT2D eigenvalue weighted by atomic mass is 16.5. The molecule has 0 fully saturated rings. The van der Waals surface area contributed by atoms with Crippen LogP contribution in [0.15, 0.2) is 24.3 Å². The van der Waals surface area contributed by atoms with Gasteiger partial charge in [0.1, 0.15) is 5.75 Å². The SMILES string of the molecule is COc1ccc(C#N)c(C2=CCCC2)c1. The molecule has 0 unspecified atom stereocenters. The predicted molar refractivity (Wildman–Crippen MR) is 59.5 cm³/mol. The molecule has 0 heterocycles. The molecule has 1 aromatic carbocycles. The summed E-state index contributed by atoms with van der Waals surface area (Å²) in [6.07, 6.45) is 5.60. The summed E-state index contributed by atoms with van der Waals surface area (Å²) >= 11 is 0. The molecule has 0 spiro atoms. The zero-order chi connectivity index (χ0) is 10.7. The molecular formula is C13H13NO. The van der Waals surface area contributed by atoms with Crippen molar-refractivity contribution in [3.05, 3.63) is 35.4 Å². The minimum Gasteiger partial charge on any atom is -0.497 e. The van der Waals surface area contributed by atoms with E-state index < -0.39 is 0 Å². The van der Waals surface area contributed by atoms with Gasteiger partial charge in [-0.15, -0.1) is 0 Å². The van der Waals surface area contributed by atoms with Crippen molar-refractivity contribution in [2.75, 3.05) is 7.11 Å². The van der Waals surface area contributed by atoms with E-state index >= 15 is 0 Å². The number of hydrogen-bond acceptors (Lipinski definition) is 2. The second kappa shape index (κ2) is 4.18. The first-order valence-electron chi connectivity index (χ1n) is 5.12. The lowest BCUT2D eigenvalue weighted by Gasteiger charge is -2.07. The summed E-state index contributed by atoms with van der Waals surface area (Å²) in [5, 5.41) is 9.02. The molecule has 2 nitrogen and oxygen atoms in total. The van der Waals surface area contributed by atoms with Crippen LogP contribution >= 0.6 is 0 Å². The van der Waals surface area contributed by atoms with Crippen molar-refractivity contribution in [3.63, 3.8) is 0 Å². The van der Waals surface area contributed by atoms with E-state index in [0.29, 0.717) is 0 Å². The van der Waals surface area contributed by atoms with Crippen LogP contribution in [-0.2, 0) is 0 Å². The Morgan fingerprint density at radius 1 is 1.40 bits per heavy atom. The first-order valence-corrected chi connectivity index (χ1v) is 5.12.